The van der Waals surface area contributed by atoms with E-state index < -0.39 is 10.0 Å². The third-order valence-corrected chi connectivity index (χ3v) is 7.15. The quantitative estimate of drug-likeness (QED) is 0.735. The maximum atomic E-state index is 12.2. The van der Waals surface area contributed by atoms with Crippen molar-refractivity contribution in [3.05, 3.63) is 41.3 Å². The van der Waals surface area contributed by atoms with Crippen LogP contribution in [0.15, 0.2) is 28.7 Å². The second-order valence-corrected chi connectivity index (χ2v) is 9.26. The Kier molecular flexibility index (Phi) is 6.71. The molecule has 1 aromatic heterocycles. The first-order valence-electron chi connectivity index (χ1n) is 9.83. The summed E-state index contributed by atoms with van der Waals surface area (Å²) >= 11 is 0. The second kappa shape index (κ2) is 9.06. The molecule has 158 valence electrons. The highest BCUT2D eigenvalue weighted by molar-refractivity contribution is 7.89. The third-order valence-electron chi connectivity index (χ3n) is 5.07. The lowest BCUT2D eigenvalue weighted by Crippen LogP contribution is -2.48. The van der Waals surface area contributed by atoms with Gasteiger partial charge in [0, 0.05) is 50.9 Å². The van der Waals surface area contributed by atoms with Crippen molar-refractivity contribution in [2.45, 2.75) is 26.8 Å². The summed E-state index contributed by atoms with van der Waals surface area (Å²) in [5.41, 5.74) is 2.23. The van der Waals surface area contributed by atoms with E-state index in [0.29, 0.717) is 50.6 Å². The Morgan fingerprint density at radius 3 is 2.41 bits per heavy atom. The van der Waals surface area contributed by atoms with E-state index >= 15 is 0 Å². The van der Waals surface area contributed by atoms with Gasteiger partial charge >= 0.3 is 0 Å². The molecule has 0 saturated carbocycles. The van der Waals surface area contributed by atoms with Crippen molar-refractivity contribution >= 4 is 15.9 Å². The van der Waals surface area contributed by atoms with Crippen LogP contribution in [0.2, 0.25) is 0 Å². The number of rotatable bonds is 7. The molecule has 0 aliphatic carbocycles. The summed E-state index contributed by atoms with van der Waals surface area (Å²) in [7, 11) is -1.54. The van der Waals surface area contributed by atoms with Crippen molar-refractivity contribution in [2.24, 2.45) is 0 Å². The zero-order chi connectivity index (χ0) is 21.0. The number of nitrogens with one attached hydrogen (secondary N) is 1. The highest BCUT2D eigenvalue weighted by Crippen LogP contribution is 2.23. The van der Waals surface area contributed by atoms with E-state index in [-0.39, 0.29) is 11.7 Å². The van der Waals surface area contributed by atoms with Gasteiger partial charge in [0.15, 0.2) is 0 Å². The first-order chi connectivity index (χ1) is 13.8. The molecule has 2 aromatic rings. The molecule has 1 saturated heterocycles. The van der Waals surface area contributed by atoms with Gasteiger partial charge in [-0.05, 0) is 37.6 Å². The monoisotopic (exact) mass is 420 g/mol. The Balaban J connectivity index is 1.64. The van der Waals surface area contributed by atoms with E-state index in [4.69, 9.17) is 4.42 Å². The lowest BCUT2D eigenvalue weighted by atomic mass is 10.1. The standard InChI is InChI=1S/C20H28N4O4S/c1-4-13-29(26,27)24-11-9-23(10-12-24)14-18-15(2)28-20(22-18)17-7-5-16(6-8-17)19(25)21-3/h5-8H,4,9-14H2,1-3H3,(H,21,25). The number of aromatic nitrogens is 1. The number of carbonyl (C=O) groups is 1. The normalized spacial score (nSPS) is 16.1. The van der Waals surface area contributed by atoms with Crippen LogP contribution in [0.25, 0.3) is 11.5 Å². The van der Waals surface area contributed by atoms with Gasteiger partial charge < -0.3 is 9.73 Å². The van der Waals surface area contributed by atoms with E-state index in [1.54, 1.807) is 23.5 Å². The van der Waals surface area contributed by atoms with Crippen molar-refractivity contribution in [3.8, 4) is 11.5 Å². The lowest BCUT2D eigenvalue weighted by Gasteiger charge is -2.33. The smallest absolute Gasteiger partial charge is 0.251 e. The molecule has 29 heavy (non-hydrogen) atoms. The fraction of sp³-hybridized carbons (Fsp3) is 0.500. The van der Waals surface area contributed by atoms with Crippen molar-refractivity contribution in [1.82, 2.24) is 19.5 Å². The molecule has 1 aromatic carbocycles. The predicted molar refractivity (Wildman–Crippen MR) is 111 cm³/mol. The molecule has 9 heteroatoms. The van der Waals surface area contributed by atoms with Gasteiger partial charge in [-0.15, -0.1) is 0 Å². The molecule has 0 atom stereocenters. The highest BCUT2D eigenvalue weighted by Gasteiger charge is 2.27. The van der Waals surface area contributed by atoms with Gasteiger partial charge in [-0.2, -0.15) is 4.31 Å². The number of sulfonamides is 1. The Labute approximate surface area is 172 Å². The molecular weight excluding hydrogens is 392 g/mol. The molecule has 0 spiro atoms. The molecule has 1 N–H and O–H groups in total. The zero-order valence-corrected chi connectivity index (χ0v) is 18.0. The van der Waals surface area contributed by atoms with Crippen LogP contribution >= 0.6 is 0 Å². The van der Waals surface area contributed by atoms with Crippen LogP contribution in [0.4, 0.5) is 0 Å². The van der Waals surface area contributed by atoms with E-state index in [0.717, 1.165) is 17.0 Å². The van der Waals surface area contributed by atoms with Crippen molar-refractivity contribution in [3.63, 3.8) is 0 Å². The Morgan fingerprint density at radius 1 is 1.17 bits per heavy atom. The summed E-state index contributed by atoms with van der Waals surface area (Å²) in [6.07, 6.45) is 0.632. The summed E-state index contributed by atoms with van der Waals surface area (Å²) in [5.74, 6) is 1.33. The van der Waals surface area contributed by atoms with Gasteiger partial charge in [0.05, 0.1) is 11.4 Å². The summed E-state index contributed by atoms with van der Waals surface area (Å²) in [6, 6.07) is 7.11. The Bertz CT molecular complexity index is 945. The lowest BCUT2D eigenvalue weighted by molar-refractivity contribution is 0.0963. The van der Waals surface area contributed by atoms with Gasteiger partial charge in [-0.1, -0.05) is 6.92 Å². The maximum absolute atomic E-state index is 12.2. The number of aryl methyl sites for hydroxylation is 1. The van der Waals surface area contributed by atoms with Crippen molar-refractivity contribution < 1.29 is 17.6 Å². The molecule has 1 aliphatic rings. The zero-order valence-electron chi connectivity index (χ0n) is 17.1. The van der Waals surface area contributed by atoms with Crippen LogP contribution in [-0.4, -0.2) is 67.5 Å². The first-order valence-corrected chi connectivity index (χ1v) is 11.4. The summed E-state index contributed by atoms with van der Waals surface area (Å²) in [5, 5.41) is 2.59. The number of hydrogen-bond acceptors (Lipinski definition) is 6. The van der Waals surface area contributed by atoms with Gasteiger partial charge in [-0.3, -0.25) is 9.69 Å². The summed E-state index contributed by atoms with van der Waals surface area (Å²) < 4.78 is 31.8. The Hall–Kier alpha value is -2.23. The molecule has 1 fully saturated rings. The van der Waals surface area contributed by atoms with Gasteiger partial charge in [0.1, 0.15) is 5.76 Å². The fourth-order valence-corrected chi connectivity index (χ4v) is 4.87. The van der Waals surface area contributed by atoms with Crippen LogP contribution in [0.3, 0.4) is 0 Å². The molecule has 8 nitrogen and oxygen atoms in total. The number of hydrogen-bond donors (Lipinski definition) is 1. The third kappa shape index (κ3) is 5.04. The van der Waals surface area contributed by atoms with Crippen LogP contribution in [0.1, 0.15) is 35.2 Å². The molecular formula is C20H28N4O4S. The molecule has 2 heterocycles. The van der Waals surface area contributed by atoms with E-state index in [2.05, 4.69) is 15.2 Å². The minimum absolute atomic E-state index is 0.138. The number of benzene rings is 1. The van der Waals surface area contributed by atoms with E-state index in [1.807, 2.05) is 26.0 Å². The molecule has 0 unspecified atom stereocenters. The van der Waals surface area contributed by atoms with E-state index in [1.165, 1.54) is 0 Å². The minimum Gasteiger partial charge on any atom is -0.441 e. The number of oxazole rings is 1. The van der Waals surface area contributed by atoms with Gasteiger partial charge in [0.25, 0.3) is 5.91 Å². The fourth-order valence-electron chi connectivity index (χ4n) is 3.37. The average molecular weight is 421 g/mol. The van der Waals surface area contributed by atoms with Crippen LogP contribution in [0.5, 0.6) is 0 Å². The van der Waals surface area contributed by atoms with Crippen LogP contribution < -0.4 is 5.32 Å². The van der Waals surface area contributed by atoms with Gasteiger partial charge in [0.2, 0.25) is 15.9 Å². The van der Waals surface area contributed by atoms with Crippen molar-refractivity contribution in [2.75, 3.05) is 39.0 Å². The molecule has 0 bridgehead atoms. The number of piperazine rings is 1. The summed E-state index contributed by atoms with van der Waals surface area (Å²) in [6.45, 7) is 6.74. The first kappa shape index (κ1) is 21.5. The largest absolute Gasteiger partial charge is 0.441 e. The van der Waals surface area contributed by atoms with Crippen LogP contribution in [0, 0.1) is 6.92 Å². The minimum atomic E-state index is -3.14. The maximum Gasteiger partial charge on any atom is 0.251 e. The number of nitrogens with zero attached hydrogens (tertiary/aromatic N) is 3. The SMILES string of the molecule is CCCS(=O)(=O)N1CCN(Cc2nc(-c3ccc(C(=O)NC)cc3)oc2C)CC1. The van der Waals surface area contributed by atoms with Gasteiger partial charge in [-0.25, -0.2) is 13.4 Å². The molecule has 1 aliphatic heterocycles. The molecule has 1 amide bonds. The number of amides is 1. The van der Waals surface area contributed by atoms with E-state index in [9.17, 15) is 13.2 Å². The Morgan fingerprint density at radius 2 is 1.83 bits per heavy atom. The predicted octanol–water partition coefficient (Wildman–Crippen LogP) is 1.87. The van der Waals surface area contributed by atoms with Crippen molar-refractivity contribution in [1.29, 1.82) is 0 Å². The number of carbonyl (C=O) groups excluding carboxylic acids is 1. The molecule has 3 rings (SSSR count). The highest BCUT2D eigenvalue weighted by atomic mass is 32.2. The molecule has 0 radical (unpaired) electrons. The topological polar surface area (TPSA) is 95.8 Å². The van der Waals surface area contributed by atoms with Crippen LogP contribution in [-0.2, 0) is 16.6 Å². The summed E-state index contributed by atoms with van der Waals surface area (Å²) in [4.78, 5) is 18.5. The average Bonchev–Trinajstić information content (AvgIpc) is 3.08. The second-order valence-electron chi connectivity index (χ2n) is 7.17.